The van der Waals surface area contributed by atoms with E-state index in [1.165, 1.54) is 0 Å². The molecule has 1 amide bonds. The van der Waals surface area contributed by atoms with Gasteiger partial charge >= 0.3 is 0 Å². The molecule has 0 saturated carbocycles. The third kappa shape index (κ3) is 3.57. The highest BCUT2D eigenvalue weighted by Gasteiger charge is 2.28. The summed E-state index contributed by atoms with van der Waals surface area (Å²) in [7, 11) is 3.72. The Balaban J connectivity index is 1.52. The fourth-order valence-electron chi connectivity index (χ4n) is 3.80. The molecule has 0 aliphatic carbocycles. The smallest absolute Gasteiger partial charge is 0.274 e. The number of fused-ring (bicyclic) bond motifs is 1. The number of ether oxygens (including phenoxy) is 1. The van der Waals surface area contributed by atoms with Crippen LogP contribution in [0.25, 0.3) is 0 Å². The first-order valence-corrected chi connectivity index (χ1v) is 9.53. The standard InChI is InChI=1S/C18H26N8O2/c1-13-10-25(11-16-21-22-17(12-28-3)26(13)16)15-9-19-8-14(20-15)18(27)24-6-4-23(2)5-7-24/h8-9,13H,4-7,10-12H2,1-3H3/t13-/m0/s1. The van der Waals surface area contributed by atoms with Crippen molar-refractivity contribution < 1.29 is 9.53 Å². The molecular formula is C18H26N8O2. The molecule has 2 aromatic rings. The van der Waals surface area contributed by atoms with E-state index in [1.807, 2.05) is 4.90 Å². The lowest BCUT2D eigenvalue weighted by atomic mass is 10.2. The first kappa shape index (κ1) is 18.8. The zero-order valence-corrected chi connectivity index (χ0v) is 16.6. The molecule has 0 unspecified atom stereocenters. The van der Waals surface area contributed by atoms with Crippen molar-refractivity contribution in [1.29, 1.82) is 0 Å². The van der Waals surface area contributed by atoms with Crippen molar-refractivity contribution in [3.63, 3.8) is 0 Å². The van der Waals surface area contributed by atoms with Crippen LogP contribution in [0.4, 0.5) is 5.82 Å². The highest BCUT2D eigenvalue weighted by molar-refractivity contribution is 5.92. The summed E-state index contributed by atoms with van der Waals surface area (Å²) in [5.41, 5.74) is 0.391. The topological polar surface area (TPSA) is 92.5 Å². The second kappa shape index (κ2) is 7.80. The molecule has 4 heterocycles. The van der Waals surface area contributed by atoms with Crippen LogP contribution in [0.1, 0.15) is 35.1 Å². The first-order valence-electron chi connectivity index (χ1n) is 9.53. The molecule has 0 bridgehead atoms. The maximum atomic E-state index is 12.8. The van der Waals surface area contributed by atoms with Crippen molar-refractivity contribution in [2.45, 2.75) is 26.1 Å². The average Bonchev–Trinajstić information content (AvgIpc) is 3.12. The summed E-state index contributed by atoms with van der Waals surface area (Å²) in [5, 5.41) is 8.54. The molecule has 10 heteroatoms. The normalized spacial score (nSPS) is 20.3. The third-order valence-corrected chi connectivity index (χ3v) is 5.32. The maximum absolute atomic E-state index is 12.8. The van der Waals surface area contributed by atoms with Crippen LogP contribution in [0.3, 0.4) is 0 Å². The molecule has 1 saturated heterocycles. The molecule has 10 nitrogen and oxygen atoms in total. The Morgan fingerprint density at radius 3 is 2.75 bits per heavy atom. The summed E-state index contributed by atoms with van der Waals surface area (Å²) in [6, 6.07) is 0.169. The van der Waals surface area contributed by atoms with Crippen molar-refractivity contribution in [2.75, 3.05) is 51.8 Å². The molecule has 150 valence electrons. The third-order valence-electron chi connectivity index (χ3n) is 5.32. The molecule has 0 N–H and O–H groups in total. The predicted octanol–water partition coefficient (Wildman–Crippen LogP) is 0.183. The van der Waals surface area contributed by atoms with Gasteiger partial charge < -0.3 is 24.0 Å². The quantitative estimate of drug-likeness (QED) is 0.735. The van der Waals surface area contributed by atoms with E-state index in [0.717, 1.165) is 31.3 Å². The number of carbonyl (C=O) groups is 1. The zero-order chi connectivity index (χ0) is 19.7. The monoisotopic (exact) mass is 386 g/mol. The minimum absolute atomic E-state index is 0.0574. The van der Waals surface area contributed by atoms with Crippen molar-refractivity contribution in [3.05, 3.63) is 29.7 Å². The van der Waals surface area contributed by atoms with Crippen LogP contribution in [0.5, 0.6) is 0 Å². The number of likely N-dealkylation sites (N-methyl/N-ethyl adjacent to an activating group) is 1. The van der Waals surface area contributed by atoms with Gasteiger partial charge in [-0.2, -0.15) is 0 Å². The second-order valence-electron chi connectivity index (χ2n) is 7.42. The molecule has 0 radical (unpaired) electrons. The number of nitrogens with zero attached hydrogens (tertiary/aromatic N) is 8. The molecule has 2 aliphatic rings. The van der Waals surface area contributed by atoms with Crippen LogP contribution in [-0.4, -0.2) is 87.3 Å². The molecule has 2 aliphatic heterocycles. The number of methoxy groups -OCH3 is 1. The Labute approximate surface area is 164 Å². The highest BCUT2D eigenvalue weighted by Crippen LogP contribution is 2.25. The number of anilines is 1. The van der Waals surface area contributed by atoms with Gasteiger partial charge in [0.25, 0.3) is 5.91 Å². The molecular weight excluding hydrogens is 360 g/mol. The minimum atomic E-state index is -0.0574. The summed E-state index contributed by atoms with van der Waals surface area (Å²) < 4.78 is 7.33. The molecule has 0 spiro atoms. The average molecular weight is 386 g/mol. The van der Waals surface area contributed by atoms with Crippen LogP contribution in [0.2, 0.25) is 0 Å². The van der Waals surface area contributed by atoms with Crippen molar-refractivity contribution >= 4 is 11.7 Å². The molecule has 4 rings (SSSR count). The lowest BCUT2D eigenvalue weighted by molar-refractivity contribution is 0.0658. The van der Waals surface area contributed by atoms with Gasteiger partial charge in [0.2, 0.25) is 0 Å². The number of rotatable bonds is 4. The number of carbonyl (C=O) groups excluding carboxylic acids is 1. The van der Waals surface area contributed by atoms with E-state index in [-0.39, 0.29) is 11.9 Å². The van der Waals surface area contributed by atoms with Crippen LogP contribution >= 0.6 is 0 Å². The molecule has 1 atom stereocenters. The summed E-state index contributed by atoms with van der Waals surface area (Å²) in [6.45, 7) is 7.05. The Kier molecular flexibility index (Phi) is 5.23. The number of piperazine rings is 1. The van der Waals surface area contributed by atoms with E-state index in [4.69, 9.17) is 4.74 Å². The molecule has 0 aromatic carbocycles. The van der Waals surface area contributed by atoms with Crippen molar-refractivity contribution in [2.24, 2.45) is 0 Å². The summed E-state index contributed by atoms with van der Waals surface area (Å²) in [4.78, 5) is 27.9. The van der Waals surface area contributed by atoms with Crippen LogP contribution < -0.4 is 4.90 Å². The first-order chi connectivity index (χ1) is 13.6. The van der Waals surface area contributed by atoms with E-state index in [2.05, 4.69) is 48.5 Å². The van der Waals surface area contributed by atoms with Crippen LogP contribution in [0.15, 0.2) is 12.4 Å². The zero-order valence-electron chi connectivity index (χ0n) is 16.6. The summed E-state index contributed by atoms with van der Waals surface area (Å²) in [5.74, 6) is 2.32. The summed E-state index contributed by atoms with van der Waals surface area (Å²) in [6.07, 6.45) is 3.26. The highest BCUT2D eigenvalue weighted by atomic mass is 16.5. The SMILES string of the molecule is COCc1nnc2n1[C@@H](C)CN(c1cncc(C(=O)N3CCN(C)CC3)n1)C2. The number of hydrogen-bond donors (Lipinski definition) is 0. The van der Waals surface area contributed by atoms with Crippen molar-refractivity contribution in [3.8, 4) is 0 Å². The second-order valence-corrected chi connectivity index (χ2v) is 7.42. The van der Waals surface area contributed by atoms with Gasteiger partial charge in [0, 0.05) is 39.8 Å². The van der Waals surface area contributed by atoms with E-state index < -0.39 is 0 Å². The van der Waals surface area contributed by atoms with Crippen LogP contribution in [-0.2, 0) is 17.9 Å². The number of hydrogen-bond acceptors (Lipinski definition) is 8. The maximum Gasteiger partial charge on any atom is 0.274 e. The Bertz CT molecular complexity index is 846. The van der Waals surface area contributed by atoms with Crippen LogP contribution in [0, 0.1) is 0 Å². The predicted molar refractivity (Wildman–Crippen MR) is 102 cm³/mol. The lowest BCUT2D eigenvalue weighted by Gasteiger charge is -2.34. The lowest BCUT2D eigenvalue weighted by Crippen LogP contribution is -2.47. The van der Waals surface area contributed by atoms with E-state index in [1.54, 1.807) is 19.5 Å². The molecule has 2 aromatic heterocycles. The van der Waals surface area contributed by atoms with Crippen molar-refractivity contribution in [1.82, 2.24) is 34.5 Å². The number of aromatic nitrogens is 5. The fraction of sp³-hybridized carbons (Fsp3) is 0.611. The molecule has 1 fully saturated rings. The largest absolute Gasteiger partial charge is 0.377 e. The Morgan fingerprint density at radius 1 is 1.21 bits per heavy atom. The van der Waals surface area contributed by atoms with Gasteiger partial charge in [0.05, 0.1) is 25.0 Å². The molecule has 28 heavy (non-hydrogen) atoms. The summed E-state index contributed by atoms with van der Waals surface area (Å²) >= 11 is 0. The van der Waals surface area contributed by atoms with Gasteiger partial charge in [-0.25, -0.2) is 4.98 Å². The fourth-order valence-corrected chi connectivity index (χ4v) is 3.80. The van der Waals surface area contributed by atoms with Gasteiger partial charge in [-0.15, -0.1) is 10.2 Å². The number of amides is 1. The van der Waals surface area contributed by atoms with Gasteiger partial charge in [-0.05, 0) is 14.0 Å². The van der Waals surface area contributed by atoms with E-state index in [9.17, 15) is 4.79 Å². The van der Waals surface area contributed by atoms with E-state index >= 15 is 0 Å². The minimum Gasteiger partial charge on any atom is -0.377 e. The van der Waals surface area contributed by atoms with Gasteiger partial charge in [-0.1, -0.05) is 0 Å². The Hall–Kier alpha value is -2.59. The van der Waals surface area contributed by atoms with Gasteiger partial charge in [0.15, 0.2) is 11.6 Å². The van der Waals surface area contributed by atoms with Gasteiger partial charge in [-0.3, -0.25) is 9.78 Å². The van der Waals surface area contributed by atoms with Gasteiger partial charge in [0.1, 0.15) is 18.1 Å². The Morgan fingerprint density at radius 2 is 2.00 bits per heavy atom. The van der Waals surface area contributed by atoms with E-state index in [0.29, 0.717) is 37.8 Å².